The topological polar surface area (TPSA) is 76.5 Å². The van der Waals surface area contributed by atoms with Crippen LogP contribution >= 0.6 is 0 Å². The third-order valence-corrected chi connectivity index (χ3v) is 2.65. The highest BCUT2D eigenvalue weighted by molar-refractivity contribution is 5.97. The predicted molar refractivity (Wildman–Crippen MR) is 65.9 cm³/mol. The number of aromatic nitrogens is 3. The zero-order valence-corrected chi connectivity index (χ0v) is 10.6. The Morgan fingerprint density at radius 2 is 2.22 bits per heavy atom. The van der Waals surface area contributed by atoms with Crippen LogP contribution in [-0.2, 0) is 11.2 Å². The van der Waals surface area contributed by atoms with Gasteiger partial charge >= 0.3 is 5.97 Å². The van der Waals surface area contributed by atoms with Crippen LogP contribution < -0.4 is 5.56 Å². The number of ether oxygens (including phenoxy) is 1. The van der Waals surface area contributed by atoms with Crippen LogP contribution in [0.4, 0.5) is 0 Å². The van der Waals surface area contributed by atoms with Crippen molar-refractivity contribution in [1.29, 1.82) is 0 Å². The molecule has 6 heteroatoms. The largest absolute Gasteiger partial charge is 0.462 e. The van der Waals surface area contributed by atoms with Gasteiger partial charge in [0.15, 0.2) is 5.65 Å². The summed E-state index contributed by atoms with van der Waals surface area (Å²) in [6, 6.07) is 1.41. The molecule has 0 atom stereocenters. The van der Waals surface area contributed by atoms with E-state index in [1.807, 2.05) is 6.92 Å². The summed E-state index contributed by atoms with van der Waals surface area (Å²) >= 11 is 0. The lowest BCUT2D eigenvalue weighted by atomic mass is 10.2. The number of H-pyrrole nitrogens is 1. The summed E-state index contributed by atoms with van der Waals surface area (Å²) in [6.07, 6.45) is 0.593. The first kappa shape index (κ1) is 12.3. The van der Waals surface area contributed by atoms with Crippen LogP contribution in [0, 0.1) is 6.92 Å². The van der Waals surface area contributed by atoms with Gasteiger partial charge in [-0.05, 0) is 20.3 Å². The van der Waals surface area contributed by atoms with Gasteiger partial charge in [0.2, 0.25) is 0 Å². The molecule has 0 aliphatic carbocycles. The minimum atomic E-state index is -0.453. The van der Waals surface area contributed by atoms with Gasteiger partial charge in [-0.15, -0.1) is 0 Å². The van der Waals surface area contributed by atoms with Gasteiger partial charge in [0, 0.05) is 11.8 Å². The number of carbonyl (C=O) groups excluding carboxylic acids is 1. The Hall–Kier alpha value is -2.11. The number of hydrogen-bond acceptors (Lipinski definition) is 4. The highest BCUT2D eigenvalue weighted by Gasteiger charge is 2.21. The third-order valence-electron chi connectivity index (χ3n) is 2.65. The van der Waals surface area contributed by atoms with Crippen molar-refractivity contribution in [2.75, 3.05) is 6.61 Å². The fourth-order valence-corrected chi connectivity index (χ4v) is 1.87. The molecule has 0 amide bonds. The summed E-state index contributed by atoms with van der Waals surface area (Å²) < 4.78 is 6.28. The Bertz CT molecular complexity index is 654. The van der Waals surface area contributed by atoms with Crippen LogP contribution in [-0.4, -0.2) is 27.2 Å². The zero-order valence-electron chi connectivity index (χ0n) is 10.6. The molecular formula is C12H15N3O3. The van der Waals surface area contributed by atoms with E-state index in [0.717, 1.165) is 0 Å². The van der Waals surface area contributed by atoms with E-state index in [4.69, 9.17) is 4.74 Å². The number of nitrogens with zero attached hydrogens (tertiary/aromatic N) is 2. The minimum absolute atomic E-state index is 0.234. The number of nitrogens with one attached hydrogen (secondary N) is 1. The Morgan fingerprint density at radius 3 is 2.83 bits per heavy atom. The highest BCUT2D eigenvalue weighted by Crippen LogP contribution is 2.15. The fraction of sp³-hybridized carbons (Fsp3) is 0.417. The van der Waals surface area contributed by atoms with E-state index in [-0.39, 0.29) is 12.2 Å². The molecule has 0 spiro atoms. The molecule has 0 saturated carbocycles. The maximum absolute atomic E-state index is 11.9. The number of rotatable bonds is 3. The average Bonchev–Trinajstić information content (AvgIpc) is 2.68. The molecule has 2 rings (SSSR count). The van der Waals surface area contributed by atoms with Crippen LogP contribution in [0.2, 0.25) is 0 Å². The molecule has 18 heavy (non-hydrogen) atoms. The van der Waals surface area contributed by atoms with Crippen molar-refractivity contribution in [1.82, 2.24) is 14.6 Å². The SMILES string of the molecule is CCOC(=O)c1c(CC)[nH]n2c(=O)cc(C)nc12. The number of hydrogen-bond donors (Lipinski definition) is 1. The van der Waals surface area contributed by atoms with Gasteiger partial charge in [-0.2, -0.15) is 0 Å². The molecule has 0 bridgehead atoms. The van der Waals surface area contributed by atoms with E-state index >= 15 is 0 Å². The van der Waals surface area contributed by atoms with Crippen molar-refractivity contribution in [2.24, 2.45) is 0 Å². The van der Waals surface area contributed by atoms with Gasteiger partial charge in [0.25, 0.3) is 5.56 Å². The molecule has 6 nitrogen and oxygen atoms in total. The van der Waals surface area contributed by atoms with Crippen molar-refractivity contribution in [3.8, 4) is 0 Å². The molecule has 0 unspecified atom stereocenters. The zero-order chi connectivity index (χ0) is 13.3. The number of aromatic amines is 1. The van der Waals surface area contributed by atoms with E-state index in [2.05, 4.69) is 10.1 Å². The third kappa shape index (κ3) is 1.90. The summed E-state index contributed by atoms with van der Waals surface area (Å²) in [7, 11) is 0. The number of fused-ring (bicyclic) bond motifs is 1. The summed E-state index contributed by atoms with van der Waals surface area (Å²) in [5, 5.41) is 2.89. The molecule has 2 heterocycles. The molecule has 0 radical (unpaired) electrons. The molecule has 0 aliphatic rings. The van der Waals surface area contributed by atoms with Crippen molar-refractivity contribution in [3.63, 3.8) is 0 Å². The van der Waals surface area contributed by atoms with Crippen LogP contribution in [0.25, 0.3) is 5.65 Å². The minimum Gasteiger partial charge on any atom is -0.462 e. The van der Waals surface area contributed by atoms with Gasteiger partial charge in [-0.1, -0.05) is 6.92 Å². The molecule has 0 saturated heterocycles. The van der Waals surface area contributed by atoms with Crippen LogP contribution in [0.15, 0.2) is 10.9 Å². The van der Waals surface area contributed by atoms with Gasteiger partial charge < -0.3 is 4.74 Å². The average molecular weight is 249 g/mol. The lowest BCUT2D eigenvalue weighted by Gasteiger charge is -2.01. The van der Waals surface area contributed by atoms with Crippen molar-refractivity contribution < 1.29 is 9.53 Å². The lowest BCUT2D eigenvalue weighted by molar-refractivity contribution is 0.0527. The quantitative estimate of drug-likeness (QED) is 0.825. The molecule has 96 valence electrons. The van der Waals surface area contributed by atoms with E-state index in [0.29, 0.717) is 29.0 Å². The van der Waals surface area contributed by atoms with E-state index < -0.39 is 5.97 Å². The Morgan fingerprint density at radius 1 is 1.50 bits per heavy atom. The van der Waals surface area contributed by atoms with Crippen LogP contribution in [0.3, 0.4) is 0 Å². The number of aryl methyl sites for hydroxylation is 2. The Kier molecular flexibility index (Phi) is 3.18. The number of carbonyl (C=O) groups is 1. The molecule has 0 fully saturated rings. The summed E-state index contributed by atoms with van der Waals surface area (Å²) in [5.74, 6) is -0.453. The van der Waals surface area contributed by atoms with Crippen LogP contribution in [0.5, 0.6) is 0 Å². The lowest BCUT2D eigenvalue weighted by Crippen LogP contribution is -2.15. The van der Waals surface area contributed by atoms with E-state index in [1.165, 1.54) is 10.6 Å². The fourth-order valence-electron chi connectivity index (χ4n) is 1.87. The molecule has 0 aromatic carbocycles. The second kappa shape index (κ2) is 4.64. The predicted octanol–water partition coefficient (Wildman–Crippen LogP) is 1.07. The van der Waals surface area contributed by atoms with Gasteiger partial charge in [-0.3, -0.25) is 9.89 Å². The van der Waals surface area contributed by atoms with E-state index in [1.54, 1.807) is 13.8 Å². The molecule has 2 aromatic heterocycles. The normalized spacial score (nSPS) is 10.8. The standard InChI is InChI=1S/C12H15N3O3/c1-4-8-10(12(17)18-5-2)11-13-7(3)6-9(16)15(11)14-8/h6,14H,4-5H2,1-3H3. The summed E-state index contributed by atoms with van der Waals surface area (Å²) in [5.41, 5.74) is 1.68. The molecule has 0 aliphatic heterocycles. The molecule has 2 aromatic rings. The maximum atomic E-state index is 11.9. The first-order valence-electron chi connectivity index (χ1n) is 5.86. The Labute approximate surface area is 104 Å². The highest BCUT2D eigenvalue weighted by atomic mass is 16.5. The van der Waals surface area contributed by atoms with Crippen molar-refractivity contribution in [2.45, 2.75) is 27.2 Å². The van der Waals surface area contributed by atoms with Gasteiger partial charge in [0.05, 0.1) is 12.3 Å². The smallest absolute Gasteiger partial charge is 0.343 e. The first-order valence-corrected chi connectivity index (χ1v) is 5.86. The molecular weight excluding hydrogens is 234 g/mol. The first-order chi connectivity index (χ1) is 8.58. The van der Waals surface area contributed by atoms with E-state index in [9.17, 15) is 9.59 Å². The van der Waals surface area contributed by atoms with Crippen LogP contribution in [0.1, 0.15) is 35.6 Å². The van der Waals surface area contributed by atoms with Crippen molar-refractivity contribution >= 4 is 11.6 Å². The van der Waals surface area contributed by atoms with Crippen molar-refractivity contribution in [3.05, 3.63) is 33.4 Å². The Balaban J connectivity index is 2.76. The number of esters is 1. The second-order valence-electron chi connectivity index (χ2n) is 3.93. The second-order valence-corrected chi connectivity index (χ2v) is 3.93. The maximum Gasteiger partial charge on any atom is 0.343 e. The molecule has 1 N–H and O–H groups in total. The van der Waals surface area contributed by atoms with Gasteiger partial charge in [-0.25, -0.2) is 14.3 Å². The summed E-state index contributed by atoms with van der Waals surface area (Å²) in [4.78, 5) is 28.0. The summed E-state index contributed by atoms with van der Waals surface area (Å²) in [6.45, 7) is 5.64. The monoisotopic (exact) mass is 249 g/mol. The van der Waals surface area contributed by atoms with Gasteiger partial charge in [0.1, 0.15) is 5.56 Å².